The molecule has 0 amide bonds. The summed E-state index contributed by atoms with van der Waals surface area (Å²) >= 11 is 6.08. The van der Waals surface area contributed by atoms with Crippen LogP contribution in [0.4, 0.5) is 10.2 Å². The highest BCUT2D eigenvalue weighted by molar-refractivity contribution is 6.31. The van der Waals surface area contributed by atoms with E-state index >= 15 is 0 Å². The van der Waals surface area contributed by atoms with Crippen molar-refractivity contribution in [1.82, 2.24) is 19.9 Å². The Bertz CT molecular complexity index is 1010. The predicted octanol–water partition coefficient (Wildman–Crippen LogP) is 4.66. The maximum atomic E-state index is 14.6. The van der Waals surface area contributed by atoms with Crippen molar-refractivity contribution in [3.8, 4) is 11.4 Å². The zero-order valence-electron chi connectivity index (χ0n) is 16.5. The van der Waals surface area contributed by atoms with E-state index in [2.05, 4.69) is 39.1 Å². The van der Waals surface area contributed by atoms with Gasteiger partial charge in [0.15, 0.2) is 17.5 Å². The molecule has 0 bridgehead atoms. The summed E-state index contributed by atoms with van der Waals surface area (Å²) < 4.78 is 14.6. The first-order valence-electron chi connectivity index (χ1n) is 10.0. The molecule has 1 aliphatic rings. The zero-order chi connectivity index (χ0) is 20.5. The summed E-state index contributed by atoms with van der Waals surface area (Å²) in [6, 6.07) is 1.75. The lowest BCUT2D eigenvalue weighted by Crippen LogP contribution is -2.44. The Kier molecular flexibility index (Phi) is 5.69. The van der Waals surface area contributed by atoms with Gasteiger partial charge in [-0.15, -0.1) is 0 Å². The van der Waals surface area contributed by atoms with Crippen molar-refractivity contribution in [3.05, 3.63) is 35.5 Å². The Hall–Kier alpha value is -2.25. The monoisotopic (exact) mass is 417 g/mol. The molecule has 6 nitrogen and oxygen atoms in total. The molecule has 3 atom stereocenters. The van der Waals surface area contributed by atoms with Gasteiger partial charge in [-0.1, -0.05) is 31.9 Å². The summed E-state index contributed by atoms with van der Waals surface area (Å²) in [6.45, 7) is 4.42. The Balaban J connectivity index is 1.70. The number of hydrogen-bond donors (Lipinski definition) is 3. The molecule has 3 aromatic heterocycles. The van der Waals surface area contributed by atoms with E-state index in [1.54, 1.807) is 18.5 Å². The molecule has 3 aromatic rings. The van der Waals surface area contributed by atoms with E-state index in [1.807, 2.05) is 0 Å². The number of aliphatic hydroxyl groups is 1. The molecule has 8 heteroatoms. The molecule has 0 spiro atoms. The minimum atomic E-state index is -0.505. The molecule has 29 heavy (non-hydrogen) atoms. The summed E-state index contributed by atoms with van der Waals surface area (Å²) in [5.41, 5.74) is 1.38. The van der Waals surface area contributed by atoms with Crippen molar-refractivity contribution >= 4 is 28.5 Å². The van der Waals surface area contributed by atoms with Crippen LogP contribution in [0.15, 0.2) is 24.7 Å². The van der Waals surface area contributed by atoms with Crippen LogP contribution in [0.25, 0.3) is 22.4 Å². The Morgan fingerprint density at radius 2 is 2.14 bits per heavy atom. The maximum Gasteiger partial charge on any atom is 0.183 e. The van der Waals surface area contributed by atoms with Gasteiger partial charge in [0.1, 0.15) is 5.65 Å². The van der Waals surface area contributed by atoms with E-state index in [9.17, 15) is 9.50 Å². The van der Waals surface area contributed by atoms with E-state index in [0.717, 1.165) is 24.6 Å². The lowest BCUT2D eigenvalue weighted by Gasteiger charge is -2.40. The normalized spacial score (nSPS) is 22.3. The van der Waals surface area contributed by atoms with Crippen molar-refractivity contribution in [3.63, 3.8) is 0 Å². The molecule has 1 saturated carbocycles. The number of hydrogen-bond acceptors (Lipinski definition) is 5. The van der Waals surface area contributed by atoms with Gasteiger partial charge in [0.05, 0.1) is 11.2 Å². The number of pyridine rings is 1. The Morgan fingerprint density at radius 3 is 2.90 bits per heavy atom. The summed E-state index contributed by atoms with van der Waals surface area (Å²) in [7, 11) is 0. The van der Waals surface area contributed by atoms with Gasteiger partial charge >= 0.3 is 0 Å². The number of aliphatic hydroxyl groups excluding tert-OH is 1. The maximum absolute atomic E-state index is 14.6. The topological polar surface area (TPSA) is 86.7 Å². The minimum Gasteiger partial charge on any atom is -0.396 e. The van der Waals surface area contributed by atoms with Gasteiger partial charge in [-0.3, -0.25) is 0 Å². The highest BCUT2D eigenvalue weighted by Gasteiger charge is 2.35. The molecule has 3 heterocycles. The lowest BCUT2D eigenvalue weighted by atomic mass is 9.72. The van der Waals surface area contributed by atoms with Crippen LogP contribution in [0.2, 0.25) is 5.02 Å². The number of H-pyrrole nitrogens is 1. The molecule has 3 N–H and O–H groups in total. The average molecular weight is 418 g/mol. The molecule has 154 valence electrons. The van der Waals surface area contributed by atoms with Gasteiger partial charge in [0.2, 0.25) is 0 Å². The third-order valence-corrected chi connectivity index (χ3v) is 6.17. The standard InChI is InChI=1S/C21H25ClFN5O/c1-11(2)14-5-3-4-12(10-29)18(14)27-21-17(23)9-26-20(28-21)16-8-25-19-15(16)6-13(22)7-24-19/h6-9,11-12,14,18,29H,3-5,10H2,1-2H3,(H,24,25)(H,26,27,28)/t12?,14-,18-/m1/s1. The van der Waals surface area contributed by atoms with E-state index < -0.39 is 5.82 Å². The molecule has 4 rings (SSSR count). The molecule has 1 fully saturated rings. The first-order valence-corrected chi connectivity index (χ1v) is 10.4. The van der Waals surface area contributed by atoms with Crippen molar-refractivity contribution in [2.75, 3.05) is 11.9 Å². The Labute approximate surface area is 173 Å². The predicted molar refractivity (Wildman–Crippen MR) is 112 cm³/mol. The van der Waals surface area contributed by atoms with Crippen LogP contribution in [-0.4, -0.2) is 37.7 Å². The van der Waals surface area contributed by atoms with E-state index in [-0.39, 0.29) is 24.4 Å². The number of fused-ring (bicyclic) bond motifs is 1. The van der Waals surface area contributed by atoms with Gasteiger partial charge in [-0.25, -0.2) is 19.3 Å². The van der Waals surface area contributed by atoms with Crippen molar-refractivity contribution < 1.29 is 9.50 Å². The first kappa shape index (κ1) is 20.0. The molecule has 0 aliphatic heterocycles. The minimum absolute atomic E-state index is 0.0370. The van der Waals surface area contributed by atoms with Crippen LogP contribution >= 0.6 is 11.6 Å². The van der Waals surface area contributed by atoms with Gasteiger partial charge in [-0.05, 0) is 30.7 Å². The van der Waals surface area contributed by atoms with E-state index in [0.29, 0.717) is 33.9 Å². The zero-order valence-corrected chi connectivity index (χ0v) is 17.2. The number of anilines is 1. The fourth-order valence-electron chi connectivity index (χ4n) is 4.42. The van der Waals surface area contributed by atoms with E-state index in [1.165, 1.54) is 6.20 Å². The second-order valence-corrected chi connectivity index (χ2v) is 8.53. The SMILES string of the molecule is CC(C)[C@H]1CCCC(CO)[C@H]1Nc1nc(-c2c[nH]c3ncc(Cl)cc23)ncc1F. The molecule has 0 radical (unpaired) electrons. The Morgan fingerprint density at radius 1 is 1.31 bits per heavy atom. The van der Waals surface area contributed by atoms with Gasteiger partial charge in [-0.2, -0.15) is 0 Å². The lowest BCUT2D eigenvalue weighted by molar-refractivity contribution is 0.124. The third kappa shape index (κ3) is 3.94. The first-order chi connectivity index (χ1) is 14.0. The van der Waals surface area contributed by atoms with Crippen molar-refractivity contribution in [1.29, 1.82) is 0 Å². The molecule has 1 aliphatic carbocycles. The fourth-order valence-corrected chi connectivity index (χ4v) is 4.58. The second kappa shape index (κ2) is 8.24. The van der Waals surface area contributed by atoms with Crippen LogP contribution in [0, 0.1) is 23.6 Å². The molecular weight excluding hydrogens is 393 g/mol. The van der Waals surface area contributed by atoms with Crippen LogP contribution in [0.1, 0.15) is 33.1 Å². The van der Waals surface area contributed by atoms with Crippen LogP contribution in [0.3, 0.4) is 0 Å². The molecule has 0 saturated heterocycles. The van der Waals surface area contributed by atoms with Crippen molar-refractivity contribution in [2.24, 2.45) is 17.8 Å². The van der Waals surface area contributed by atoms with Crippen LogP contribution in [-0.2, 0) is 0 Å². The average Bonchev–Trinajstić information content (AvgIpc) is 3.12. The summed E-state index contributed by atoms with van der Waals surface area (Å²) in [4.78, 5) is 16.0. The number of nitrogens with one attached hydrogen (secondary N) is 2. The number of rotatable bonds is 5. The molecular formula is C21H25ClFN5O. The van der Waals surface area contributed by atoms with Gasteiger partial charge in [0.25, 0.3) is 0 Å². The highest BCUT2D eigenvalue weighted by Crippen LogP contribution is 2.36. The number of aromatic amines is 1. The second-order valence-electron chi connectivity index (χ2n) is 8.09. The quantitative estimate of drug-likeness (QED) is 0.562. The highest BCUT2D eigenvalue weighted by atomic mass is 35.5. The van der Waals surface area contributed by atoms with E-state index in [4.69, 9.17) is 11.6 Å². The fraction of sp³-hybridized carbons (Fsp3) is 0.476. The number of nitrogens with zero attached hydrogens (tertiary/aromatic N) is 3. The van der Waals surface area contributed by atoms with Gasteiger partial charge in [0, 0.05) is 41.9 Å². The number of halogens is 2. The molecule has 1 unspecified atom stereocenters. The largest absolute Gasteiger partial charge is 0.396 e. The van der Waals surface area contributed by atoms with Gasteiger partial charge < -0.3 is 15.4 Å². The molecule has 0 aromatic carbocycles. The summed E-state index contributed by atoms with van der Waals surface area (Å²) in [6.07, 6.45) is 7.54. The smallest absolute Gasteiger partial charge is 0.183 e. The number of aromatic nitrogens is 4. The van der Waals surface area contributed by atoms with Crippen LogP contribution in [0.5, 0.6) is 0 Å². The summed E-state index contributed by atoms with van der Waals surface area (Å²) in [5.74, 6) is 0.888. The summed E-state index contributed by atoms with van der Waals surface area (Å²) in [5, 5.41) is 14.5. The van der Waals surface area contributed by atoms with Crippen molar-refractivity contribution in [2.45, 2.75) is 39.2 Å². The third-order valence-electron chi connectivity index (χ3n) is 5.96. The van der Waals surface area contributed by atoms with Crippen LogP contribution < -0.4 is 5.32 Å².